The van der Waals surface area contributed by atoms with Gasteiger partial charge in [0.05, 0.1) is 0 Å². The van der Waals surface area contributed by atoms with Crippen LogP contribution in [0.3, 0.4) is 0 Å². The second-order valence-electron chi connectivity index (χ2n) is 7.66. The first-order valence-corrected chi connectivity index (χ1v) is 12.7. The van der Waals surface area contributed by atoms with Crippen LogP contribution in [-0.4, -0.2) is 52.8 Å². The van der Waals surface area contributed by atoms with Gasteiger partial charge in [0.15, 0.2) is 0 Å². The Bertz CT molecular complexity index is 802. The second-order valence-corrected chi connectivity index (χ2v) is 9.49. The van der Waals surface area contributed by atoms with Gasteiger partial charge in [-0.05, 0) is 73.5 Å². The van der Waals surface area contributed by atoms with Crippen LogP contribution < -0.4 is 22.1 Å². The van der Waals surface area contributed by atoms with Crippen LogP contribution in [0.25, 0.3) is 11.1 Å². The maximum atomic E-state index is 11.0. The molecule has 3 rings (SSSR count). The van der Waals surface area contributed by atoms with Crippen LogP contribution in [0.2, 0.25) is 0 Å². The summed E-state index contributed by atoms with van der Waals surface area (Å²) >= 11 is 7.13. The van der Waals surface area contributed by atoms with Crippen LogP contribution in [0.15, 0.2) is 45.3 Å². The van der Waals surface area contributed by atoms with Crippen LogP contribution in [0, 0.1) is 0 Å². The van der Waals surface area contributed by atoms with Gasteiger partial charge in [0, 0.05) is 53.4 Å². The van der Waals surface area contributed by atoms with Gasteiger partial charge in [-0.2, -0.15) is 0 Å². The predicted octanol–water partition coefficient (Wildman–Crippen LogP) is 3.77. The van der Waals surface area contributed by atoms with Gasteiger partial charge in [-0.15, -0.1) is 0 Å². The highest BCUT2D eigenvalue weighted by molar-refractivity contribution is 9.10. The number of hydrogen-bond acceptors (Lipinski definition) is 6. The van der Waals surface area contributed by atoms with Gasteiger partial charge < -0.3 is 31.7 Å². The zero-order valence-electron chi connectivity index (χ0n) is 19.5. The summed E-state index contributed by atoms with van der Waals surface area (Å²) in [6.07, 6.45) is 4.34. The Labute approximate surface area is 214 Å². The number of aldehydes is 2. The largest absolute Gasteiger partial charge is 0.329 e. The van der Waals surface area contributed by atoms with Crippen LogP contribution in [0.1, 0.15) is 36.8 Å². The lowest BCUT2D eigenvalue weighted by Crippen LogP contribution is -2.26. The van der Waals surface area contributed by atoms with Crippen molar-refractivity contribution in [2.75, 3.05) is 40.3 Å². The van der Waals surface area contributed by atoms with E-state index in [9.17, 15) is 9.59 Å². The molecule has 0 saturated heterocycles. The number of nitrogens with one attached hydrogen (secondary N) is 2. The molecule has 1 aliphatic carbocycles. The highest BCUT2D eigenvalue weighted by Gasteiger charge is 2.42. The third-order valence-electron chi connectivity index (χ3n) is 5.45. The molecule has 0 heterocycles. The number of likely N-dealkylation sites (N-methyl/N-ethyl adjacent to an activating group) is 2. The molecule has 0 aliphatic heterocycles. The minimum atomic E-state index is -0.278. The molecule has 0 spiro atoms. The first-order chi connectivity index (χ1) is 15.9. The Morgan fingerprint density at radius 3 is 1.45 bits per heavy atom. The normalized spacial score (nSPS) is 12.4. The van der Waals surface area contributed by atoms with Crippen molar-refractivity contribution in [3.8, 4) is 11.1 Å². The monoisotopic (exact) mass is 582 g/mol. The minimum absolute atomic E-state index is 0.278. The quantitative estimate of drug-likeness (QED) is 0.317. The van der Waals surface area contributed by atoms with Crippen molar-refractivity contribution in [1.29, 1.82) is 0 Å². The Hall–Kier alpha value is -1.42. The van der Waals surface area contributed by atoms with Crippen molar-refractivity contribution in [3.63, 3.8) is 0 Å². The molecule has 2 aromatic rings. The molecular weight excluding hydrogens is 548 g/mol. The fourth-order valence-electron chi connectivity index (χ4n) is 4.00. The molecule has 0 aromatic heterocycles. The molecule has 1 aliphatic rings. The topological polar surface area (TPSA) is 110 Å². The Morgan fingerprint density at radius 1 is 0.788 bits per heavy atom. The van der Waals surface area contributed by atoms with Crippen LogP contribution in [-0.2, 0) is 15.0 Å². The van der Waals surface area contributed by atoms with E-state index in [-0.39, 0.29) is 5.41 Å². The van der Waals surface area contributed by atoms with Gasteiger partial charge in [0.2, 0.25) is 0 Å². The molecular formula is C25H36Br2N4O2. The molecule has 6 N–H and O–H groups in total. The van der Waals surface area contributed by atoms with E-state index in [1.807, 2.05) is 26.2 Å². The van der Waals surface area contributed by atoms with Crippen LogP contribution in [0.4, 0.5) is 0 Å². The predicted molar refractivity (Wildman–Crippen MR) is 145 cm³/mol. The lowest BCUT2D eigenvalue weighted by molar-refractivity contribution is -0.108. The lowest BCUT2D eigenvalue weighted by Gasteiger charge is -2.31. The summed E-state index contributed by atoms with van der Waals surface area (Å²) < 4.78 is 2.04. The Morgan fingerprint density at radius 2 is 1.18 bits per heavy atom. The SMILES string of the molecule is CNCCN.CNCCN.O=CCCC1(CCC=O)c2cc(Br)ccc2-c2ccc(Br)cc21. The molecule has 33 heavy (non-hydrogen) atoms. The summed E-state index contributed by atoms with van der Waals surface area (Å²) in [7, 11) is 3.76. The number of rotatable bonds is 10. The summed E-state index contributed by atoms with van der Waals surface area (Å²) in [5.41, 5.74) is 14.7. The zero-order chi connectivity index (χ0) is 24.7. The molecule has 6 nitrogen and oxygen atoms in total. The number of fused-ring (bicyclic) bond motifs is 3. The van der Waals surface area contributed by atoms with Crippen molar-refractivity contribution in [1.82, 2.24) is 10.6 Å². The molecule has 8 heteroatoms. The standard InChI is InChI=1S/C19H16Br2O2.2C3H10N2/c20-13-3-5-15-16-6-4-14(21)12-18(16)19(7-1-9-22,8-2-10-23)17(15)11-13;2*1-5-3-2-4/h3-6,9-12H,1-2,7-8H2;2*5H,2-4H2,1H3. The van der Waals surface area contributed by atoms with Gasteiger partial charge in [-0.1, -0.05) is 44.0 Å². The first kappa shape index (κ1) is 29.6. The van der Waals surface area contributed by atoms with Crippen LogP contribution >= 0.6 is 31.9 Å². The van der Waals surface area contributed by atoms with Gasteiger partial charge in [0.25, 0.3) is 0 Å². The van der Waals surface area contributed by atoms with Crippen molar-refractivity contribution in [2.24, 2.45) is 11.5 Å². The van der Waals surface area contributed by atoms with Gasteiger partial charge in [0.1, 0.15) is 12.6 Å². The number of halogens is 2. The molecule has 0 saturated carbocycles. The van der Waals surface area contributed by atoms with E-state index >= 15 is 0 Å². The average Bonchev–Trinajstić information content (AvgIpc) is 3.06. The van der Waals surface area contributed by atoms with E-state index in [1.54, 1.807) is 0 Å². The van der Waals surface area contributed by atoms with Gasteiger partial charge in [-0.3, -0.25) is 0 Å². The third-order valence-corrected chi connectivity index (χ3v) is 6.44. The fourth-order valence-corrected chi connectivity index (χ4v) is 4.72. The van der Waals surface area contributed by atoms with Crippen LogP contribution in [0.5, 0.6) is 0 Å². The van der Waals surface area contributed by atoms with Gasteiger partial charge in [-0.25, -0.2) is 0 Å². The smallest absolute Gasteiger partial charge is 0.120 e. The summed E-state index contributed by atoms with van der Waals surface area (Å²) in [6.45, 7) is 3.30. The molecule has 0 radical (unpaired) electrons. The van der Waals surface area contributed by atoms with E-state index < -0.39 is 0 Å². The Balaban J connectivity index is 0.000000460. The lowest BCUT2D eigenvalue weighted by atomic mass is 9.71. The van der Waals surface area contributed by atoms with Crippen molar-refractivity contribution < 1.29 is 9.59 Å². The molecule has 182 valence electrons. The maximum Gasteiger partial charge on any atom is 0.120 e. The fraction of sp³-hybridized carbons (Fsp3) is 0.440. The number of hydrogen-bond donors (Lipinski definition) is 4. The van der Waals surface area contributed by atoms with Crippen molar-refractivity contribution in [3.05, 3.63) is 56.5 Å². The summed E-state index contributed by atoms with van der Waals surface area (Å²) in [5.74, 6) is 0. The molecule has 0 fully saturated rings. The second kappa shape index (κ2) is 16.2. The highest BCUT2D eigenvalue weighted by atomic mass is 79.9. The molecule has 0 atom stereocenters. The maximum absolute atomic E-state index is 11.0. The number of carbonyl (C=O) groups is 2. The summed E-state index contributed by atoms with van der Waals surface area (Å²) in [4.78, 5) is 22.1. The number of benzene rings is 2. The Kier molecular flexibility index (Phi) is 14.6. The molecule has 0 bridgehead atoms. The number of carbonyl (C=O) groups excluding carboxylic acids is 2. The summed E-state index contributed by atoms with van der Waals surface area (Å²) in [6, 6.07) is 12.6. The van der Waals surface area contributed by atoms with E-state index in [1.165, 1.54) is 22.3 Å². The molecule has 0 amide bonds. The molecule has 2 aromatic carbocycles. The highest BCUT2D eigenvalue weighted by Crippen LogP contribution is 2.54. The van der Waals surface area contributed by atoms with Crippen molar-refractivity contribution >= 4 is 44.4 Å². The minimum Gasteiger partial charge on any atom is -0.329 e. The zero-order valence-corrected chi connectivity index (χ0v) is 22.7. The first-order valence-electron chi connectivity index (χ1n) is 11.1. The van der Waals surface area contributed by atoms with Crippen molar-refractivity contribution in [2.45, 2.75) is 31.1 Å². The summed E-state index contributed by atoms with van der Waals surface area (Å²) in [5, 5.41) is 5.78. The third kappa shape index (κ3) is 8.38. The van der Waals surface area contributed by atoms with E-state index in [0.717, 1.165) is 60.5 Å². The van der Waals surface area contributed by atoms with Gasteiger partial charge >= 0.3 is 0 Å². The number of nitrogens with two attached hydrogens (primary N) is 2. The molecule has 0 unspecified atom stereocenters. The average molecular weight is 584 g/mol. The van der Waals surface area contributed by atoms with E-state index in [0.29, 0.717) is 12.8 Å². The van der Waals surface area contributed by atoms with E-state index in [2.05, 4.69) is 66.8 Å². The van der Waals surface area contributed by atoms with E-state index in [4.69, 9.17) is 11.5 Å².